The largest absolute Gasteiger partial charge is 0.368 e. The minimum atomic E-state index is -0.157. The van der Waals surface area contributed by atoms with Crippen LogP contribution in [0.2, 0.25) is 0 Å². The van der Waals surface area contributed by atoms with Crippen molar-refractivity contribution in [2.75, 3.05) is 31.5 Å². The number of nitrogens with zero attached hydrogens (tertiary/aromatic N) is 3. The average molecular weight is 420 g/mol. The fraction of sp³-hybridized carbons (Fsp3) is 0.318. The third kappa shape index (κ3) is 4.71. The molecule has 1 aromatic carbocycles. The Kier molecular flexibility index (Phi) is 5.92. The zero-order valence-electron chi connectivity index (χ0n) is 17.3. The molecule has 1 aliphatic heterocycles. The van der Waals surface area contributed by atoms with Crippen molar-refractivity contribution in [3.63, 3.8) is 0 Å². The first kappa shape index (κ1) is 20.5. The summed E-state index contributed by atoms with van der Waals surface area (Å²) in [6, 6.07) is 11.3. The van der Waals surface area contributed by atoms with E-state index >= 15 is 0 Å². The molecule has 2 aromatic heterocycles. The number of amides is 2. The summed E-state index contributed by atoms with van der Waals surface area (Å²) in [5, 5.41) is 6.67. The highest BCUT2D eigenvalue weighted by Gasteiger charge is 2.24. The van der Waals surface area contributed by atoms with Gasteiger partial charge in [-0.05, 0) is 6.07 Å². The van der Waals surface area contributed by atoms with Gasteiger partial charge in [-0.1, -0.05) is 30.3 Å². The maximum Gasteiger partial charge on any atom is 0.270 e. The SMILES string of the molecule is CC(=O)NCCNc1nc(-c2ccccc2)nc2[nH]c(C(=O)N3CCC(=O)CC3)cc12. The Labute approximate surface area is 179 Å². The number of carbonyl (C=O) groups excluding carboxylic acids is 3. The van der Waals surface area contributed by atoms with Gasteiger partial charge in [0.2, 0.25) is 5.91 Å². The van der Waals surface area contributed by atoms with E-state index in [1.54, 1.807) is 11.0 Å². The number of hydrogen-bond acceptors (Lipinski definition) is 6. The van der Waals surface area contributed by atoms with Crippen LogP contribution in [-0.4, -0.2) is 63.6 Å². The van der Waals surface area contributed by atoms with Crippen LogP contribution in [0.4, 0.5) is 5.82 Å². The summed E-state index contributed by atoms with van der Waals surface area (Å²) >= 11 is 0. The third-order valence-electron chi connectivity index (χ3n) is 5.15. The van der Waals surface area contributed by atoms with Crippen molar-refractivity contribution in [3.8, 4) is 11.4 Å². The second-order valence-electron chi connectivity index (χ2n) is 7.45. The zero-order valence-corrected chi connectivity index (χ0v) is 17.3. The first-order valence-corrected chi connectivity index (χ1v) is 10.3. The molecule has 2 amide bonds. The second kappa shape index (κ2) is 8.95. The highest BCUT2D eigenvalue weighted by Crippen LogP contribution is 2.26. The molecular formula is C22H24N6O3. The molecule has 0 spiro atoms. The van der Waals surface area contributed by atoms with E-state index in [1.807, 2.05) is 30.3 Å². The van der Waals surface area contributed by atoms with Gasteiger partial charge < -0.3 is 20.5 Å². The fourth-order valence-electron chi connectivity index (χ4n) is 3.52. The van der Waals surface area contributed by atoms with E-state index < -0.39 is 0 Å². The molecule has 0 aliphatic carbocycles. The third-order valence-corrected chi connectivity index (χ3v) is 5.15. The number of aromatic amines is 1. The summed E-state index contributed by atoms with van der Waals surface area (Å²) in [4.78, 5) is 49.7. The Hall–Kier alpha value is -3.75. The monoisotopic (exact) mass is 420 g/mol. The van der Waals surface area contributed by atoms with Crippen molar-refractivity contribution in [1.29, 1.82) is 0 Å². The molecule has 31 heavy (non-hydrogen) atoms. The highest BCUT2D eigenvalue weighted by atomic mass is 16.2. The number of H-pyrrole nitrogens is 1. The van der Waals surface area contributed by atoms with Crippen molar-refractivity contribution in [3.05, 3.63) is 42.1 Å². The van der Waals surface area contributed by atoms with Gasteiger partial charge in [0.25, 0.3) is 5.91 Å². The van der Waals surface area contributed by atoms with E-state index in [-0.39, 0.29) is 17.6 Å². The Morgan fingerprint density at radius 1 is 1.10 bits per heavy atom. The quantitative estimate of drug-likeness (QED) is 0.525. The standard InChI is InChI=1S/C22H24N6O3/c1-14(29)23-9-10-24-20-17-13-18(22(31)28-11-7-16(30)8-12-28)25-21(17)27-19(26-20)15-5-3-2-4-6-15/h2-6,13H,7-12H2,1H3,(H,23,29)(H2,24,25,26,27). The van der Waals surface area contributed by atoms with Crippen LogP contribution >= 0.6 is 0 Å². The first-order valence-electron chi connectivity index (χ1n) is 10.3. The highest BCUT2D eigenvalue weighted by molar-refractivity contribution is 6.01. The van der Waals surface area contributed by atoms with E-state index in [0.29, 0.717) is 67.4 Å². The number of piperidine rings is 1. The summed E-state index contributed by atoms with van der Waals surface area (Å²) < 4.78 is 0. The Morgan fingerprint density at radius 2 is 1.84 bits per heavy atom. The number of Topliss-reactive ketones (excluding diaryl/α,β-unsaturated/α-hetero) is 1. The van der Waals surface area contributed by atoms with Gasteiger partial charge in [-0.15, -0.1) is 0 Å². The number of anilines is 1. The predicted octanol–water partition coefficient (Wildman–Crippen LogP) is 1.98. The van der Waals surface area contributed by atoms with Gasteiger partial charge in [-0.25, -0.2) is 9.97 Å². The zero-order chi connectivity index (χ0) is 21.8. The maximum atomic E-state index is 12.9. The van der Waals surface area contributed by atoms with Crippen molar-refractivity contribution >= 4 is 34.4 Å². The number of carbonyl (C=O) groups is 3. The van der Waals surface area contributed by atoms with Crippen LogP contribution in [0.1, 0.15) is 30.3 Å². The first-order chi connectivity index (χ1) is 15.0. The molecule has 4 rings (SSSR count). The number of fused-ring (bicyclic) bond motifs is 1. The van der Waals surface area contributed by atoms with E-state index in [2.05, 4.69) is 25.6 Å². The van der Waals surface area contributed by atoms with Gasteiger partial charge >= 0.3 is 0 Å². The topological polar surface area (TPSA) is 120 Å². The number of ketones is 1. The second-order valence-corrected chi connectivity index (χ2v) is 7.45. The van der Waals surface area contributed by atoms with E-state index in [0.717, 1.165) is 5.56 Å². The number of benzene rings is 1. The van der Waals surface area contributed by atoms with Gasteiger partial charge in [0.05, 0.1) is 5.39 Å². The molecule has 0 radical (unpaired) electrons. The lowest BCUT2D eigenvalue weighted by atomic mass is 10.1. The van der Waals surface area contributed by atoms with Crippen LogP contribution in [-0.2, 0) is 9.59 Å². The van der Waals surface area contributed by atoms with Crippen LogP contribution in [0.15, 0.2) is 36.4 Å². The Bertz CT molecular complexity index is 1110. The van der Waals surface area contributed by atoms with Crippen molar-refractivity contribution in [2.45, 2.75) is 19.8 Å². The predicted molar refractivity (Wildman–Crippen MR) is 117 cm³/mol. The molecule has 0 saturated carbocycles. The molecule has 1 aliphatic rings. The van der Waals surface area contributed by atoms with Gasteiger partial charge in [0.1, 0.15) is 22.9 Å². The fourth-order valence-corrected chi connectivity index (χ4v) is 3.52. The van der Waals surface area contributed by atoms with Crippen LogP contribution < -0.4 is 10.6 Å². The van der Waals surface area contributed by atoms with Crippen LogP contribution in [0.3, 0.4) is 0 Å². The molecule has 0 bridgehead atoms. The number of nitrogens with one attached hydrogen (secondary N) is 3. The molecule has 3 N–H and O–H groups in total. The van der Waals surface area contributed by atoms with Crippen molar-refractivity contribution in [1.82, 2.24) is 25.2 Å². The van der Waals surface area contributed by atoms with Gasteiger partial charge in [0, 0.05) is 51.5 Å². The van der Waals surface area contributed by atoms with Crippen LogP contribution in [0, 0.1) is 0 Å². The van der Waals surface area contributed by atoms with Gasteiger partial charge in [-0.2, -0.15) is 0 Å². The van der Waals surface area contributed by atoms with Crippen molar-refractivity contribution < 1.29 is 14.4 Å². The number of hydrogen-bond donors (Lipinski definition) is 3. The van der Waals surface area contributed by atoms with Crippen LogP contribution in [0.25, 0.3) is 22.4 Å². The van der Waals surface area contributed by atoms with E-state index in [1.165, 1.54) is 6.92 Å². The molecule has 3 aromatic rings. The molecule has 0 unspecified atom stereocenters. The molecule has 160 valence electrons. The van der Waals surface area contributed by atoms with E-state index in [4.69, 9.17) is 0 Å². The number of likely N-dealkylation sites (tertiary alicyclic amines) is 1. The average Bonchev–Trinajstić information content (AvgIpc) is 3.21. The summed E-state index contributed by atoms with van der Waals surface area (Å²) in [5.41, 5.74) is 1.81. The summed E-state index contributed by atoms with van der Waals surface area (Å²) in [6.07, 6.45) is 0.778. The molecule has 3 heterocycles. The molecule has 1 fully saturated rings. The normalized spacial score (nSPS) is 14.0. The molecule has 9 nitrogen and oxygen atoms in total. The molecule has 9 heteroatoms. The molecule has 1 saturated heterocycles. The smallest absolute Gasteiger partial charge is 0.270 e. The minimum absolute atomic E-state index is 0.103. The lowest BCUT2D eigenvalue weighted by Gasteiger charge is -2.25. The van der Waals surface area contributed by atoms with E-state index in [9.17, 15) is 14.4 Å². The summed E-state index contributed by atoms with van der Waals surface area (Å²) in [7, 11) is 0. The van der Waals surface area contributed by atoms with Crippen LogP contribution in [0.5, 0.6) is 0 Å². The number of aromatic nitrogens is 3. The molecule has 0 atom stereocenters. The molecular weight excluding hydrogens is 396 g/mol. The lowest BCUT2D eigenvalue weighted by Crippen LogP contribution is -2.38. The lowest BCUT2D eigenvalue weighted by molar-refractivity contribution is -0.121. The van der Waals surface area contributed by atoms with Crippen molar-refractivity contribution in [2.24, 2.45) is 0 Å². The summed E-state index contributed by atoms with van der Waals surface area (Å²) in [6.45, 7) is 3.24. The van der Waals surface area contributed by atoms with Gasteiger partial charge in [-0.3, -0.25) is 14.4 Å². The Morgan fingerprint density at radius 3 is 2.55 bits per heavy atom. The minimum Gasteiger partial charge on any atom is -0.368 e. The Balaban J connectivity index is 1.66. The summed E-state index contributed by atoms with van der Waals surface area (Å²) in [5.74, 6) is 1.03. The maximum absolute atomic E-state index is 12.9. The van der Waals surface area contributed by atoms with Gasteiger partial charge in [0.15, 0.2) is 5.82 Å². The number of rotatable bonds is 6.